The molecule has 0 aliphatic carbocycles. The van der Waals surface area contributed by atoms with Crippen molar-refractivity contribution in [3.63, 3.8) is 0 Å². The number of nitrogens with two attached hydrogens (primary N) is 1. The molecule has 0 spiro atoms. The van der Waals surface area contributed by atoms with Crippen LogP contribution in [0.15, 0.2) is 24.3 Å². The molecule has 3 heteroatoms. The topological polar surface area (TPSA) is 46.3 Å². The molecule has 0 saturated carbocycles. The fourth-order valence-corrected chi connectivity index (χ4v) is 2.85. The van der Waals surface area contributed by atoms with Gasteiger partial charge in [0, 0.05) is 23.2 Å². The molecule has 1 aliphatic heterocycles. The molecular weight excluding hydrogens is 248 g/mol. The number of amides is 1. The van der Waals surface area contributed by atoms with Gasteiger partial charge in [-0.25, -0.2) is 0 Å². The van der Waals surface area contributed by atoms with Gasteiger partial charge in [-0.05, 0) is 51.3 Å². The third kappa shape index (κ3) is 3.20. The van der Waals surface area contributed by atoms with E-state index < -0.39 is 0 Å². The first-order valence-corrected chi connectivity index (χ1v) is 7.25. The van der Waals surface area contributed by atoms with E-state index in [2.05, 4.69) is 25.7 Å². The second kappa shape index (κ2) is 6.58. The zero-order valence-electron chi connectivity index (χ0n) is 12.2. The molecule has 1 heterocycles. The van der Waals surface area contributed by atoms with E-state index in [1.165, 1.54) is 6.42 Å². The minimum absolute atomic E-state index is 0.112. The highest BCUT2D eigenvalue weighted by atomic mass is 16.2. The number of rotatable bonds is 1. The van der Waals surface area contributed by atoms with E-state index in [0.29, 0.717) is 18.6 Å². The second-order valence-electron chi connectivity index (χ2n) is 5.43. The number of nitrogens with zero attached hydrogens (tertiary/aromatic N) is 1. The minimum atomic E-state index is 0.112. The summed E-state index contributed by atoms with van der Waals surface area (Å²) in [6.07, 6.45) is 3.37. The van der Waals surface area contributed by atoms with Crippen LogP contribution >= 0.6 is 0 Å². The normalized spacial score (nSPS) is 22.1. The van der Waals surface area contributed by atoms with Crippen LogP contribution in [0.25, 0.3) is 0 Å². The van der Waals surface area contributed by atoms with Crippen LogP contribution in [0.5, 0.6) is 0 Å². The highest BCUT2D eigenvalue weighted by molar-refractivity contribution is 5.95. The van der Waals surface area contributed by atoms with E-state index in [-0.39, 0.29) is 5.91 Å². The van der Waals surface area contributed by atoms with E-state index in [0.717, 1.165) is 24.0 Å². The second-order valence-corrected chi connectivity index (χ2v) is 5.43. The molecule has 1 fully saturated rings. The van der Waals surface area contributed by atoms with E-state index >= 15 is 0 Å². The number of benzene rings is 1. The maximum atomic E-state index is 12.7. The molecule has 2 N–H and O–H groups in total. The zero-order valence-corrected chi connectivity index (χ0v) is 12.2. The van der Waals surface area contributed by atoms with Crippen molar-refractivity contribution in [1.82, 2.24) is 4.90 Å². The van der Waals surface area contributed by atoms with Gasteiger partial charge in [-0.15, -0.1) is 0 Å². The summed E-state index contributed by atoms with van der Waals surface area (Å²) in [6.45, 7) is 4.59. The highest BCUT2D eigenvalue weighted by Crippen LogP contribution is 2.24. The van der Waals surface area contributed by atoms with Gasteiger partial charge < -0.3 is 10.6 Å². The van der Waals surface area contributed by atoms with Crippen LogP contribution in [-0.2, 0) is 0 Å². The molecule has 106 valence electrons. The van der Waals surface area contributed by atoms with Crippen LogP contribution in [0.2, 0.25) is 0 Å². The van der Waals surface area contributed by atoms with Crippen molar-refractivity contribution >= 4 is 5.91 Å². The Bertz CT molecular complexity index is 531. The van der Waals surface area contributed by atoms with Crippen molar-refractivity contribution < 1.29 is 4.79 Å². The summed E-state index contributed by atoms with van der Waals surface area (Å²) in [4.78, 5) is 14.7. The van der Waals surface area contributed by atoms with Crippen molar-refractivity contribution in [3.8, 4) is 11.8 Å². The molecule has 1 aromatic rings. The van der Waals surface area contributed by atoms with Gasteiger partial charge in [0.25, 0.3) is 5.91 Å². The number of piperidine rings is 1. The monoisotopic (exact) mass is 270 g/mol. The quantitative estimate of drug-likeness (QED) is 0.797. The van der Waals surface area contributed by atoms with Gasteiger partial charge in [-0.1, -0.05) is 17.9 Å². The third-order valence-electron chi connectivity index (χ3n) is 3.87. The van der Waals surface area contributed by atoms with E-state index in [1.54, 1.807) is 0 Å². The van der Waals surface area contributed by atoms with Gasteiger partial charge in [0.2, 0.25) is 0 Å². The number of carbonyl (C=O) groups is 1. The molecule has 0 unspecified atom stereocenters. The summed E-state index contributed by atoms with van der Waals surface area (Å²) in [6, 6.07) is 8.13. The van der Waals surface area contributed by atoms with Gasteiger partial charge >= 0.3 is 0 Å². The average Bonchev–Trinajstić information content (AvgIpc) is 2.45. The lowest BCUT2D eigenvalue weighted by Gasteiger charge is -2.39. The standard InChI is InChI=1S/C17H22N2O/c1-13-6-3-7-14(2)19(13)17(20)16-10-4-8-15(12-16)9-5-11-18/h4,8,10,12-14H,3,6-7,11,18H2,1-2H3/t13-,14+. The van der Waals surface area contributed by atoms with Crippen molar-refractivity contribution in [2.75, 3.05) is 6.54 Å². The lowest BCUT2D eigenvalue weighted by atomic mass is 9.96. The largest absolute Gasteiger partial charge is 0.333 e. The number of hydrogen-bond acceptors (Lipinski definition) is 2. The maximum absolute atomic E-state index is 12.7. The zero-order chi connectivity index (χ0) is 14.5. The summed E-state index contributed by atoms with van der Waals surface area (Å²) >= 11 is 0. The predicted molar refractivity (Wildman–Crippen MR) is 81.3 cm³/mol. The first-order chi connectivity index (χ1) is 9.63. The predicted octanol–water partition coefficient (Wildman–Crippen LogP) is 2.40. The van der Waals surface area contributed by atoms with Gasteiger partial charge in [-0.2, -0.15) is 0 Å². The molecule has 0 radical (unpaired) electrons. The Morgan fingerprint density at radius 1 is 1.35 bits per heavy atom. The lowest BCUT2D eigenvalue weighted by Crippen LogP contribution is -2.47. The van der Waals surface area contributed by atoms with E-state index in [9.17, 15) is 4.79 Å². The van der Waals surface area contributed by atoms with Crippen LogP contribution in [-0.4, -0.2) is 29.4 Å². The van der Waals surface area contributed by atoms with Crippen molar-refractivity contribution in [1.29, 1.82) is 0 Å². The van der Waals surface area contributed by atoms with Crippen LogP contribution in [0.3, 0.4) is 0 Å². The molecule has 20 heavy (non-hydrogen) atoms. The van der Waals surface area contributed by atoms with Gasteiger partial charge in [0.1, 0.15) is 0 Å². The minimum Gasteiger partial charge on any atom is -0.333 e. The summed E-state index contributed by atoms with van der Waals surface area (Å²) in [5, 5.41) is 0. The van der Waals surface area contributed by atoms with Crippen molar-refractivity contribution in [2.45, 2.75) is 45.2 Å². The van der Waals surface area contributed by atoms with Crippen LogP contribution in [0.1, 0.15) is 49.0 Å². The van der Waals surface area contributed by atoms with Gasteiger partial charge in [-0.3, -0.25) is 4.79 Å². The fourth-order valence-electron chi connectivity index (χ4n) is 2.85. The SMILES string of the molecule is C[C@@H]1CCC[C@H](C)N1C(=O)c1cccc(C#CCN)c1. The van der Waals surface area contributed by atoms with Gasteiger partial charge in [0.05, 0.1) is 6.54 Å². The lowest BCUT2D eigenvalue weighted by molar-refractivity contribution is 0.0510. The molecule has 0 bridgehead atoms. The molecule has 1 saturated heterocycles. The Labute approximate surface area is 121 Å². The molecule has 3 nitrogen and oxygen atoms in total. The maximum Gasteiger partial charge on any atom is 0.254 e. The average molecular weight is 270 g/mol. The molecule has 2 atom stereocenters. The first-order valence-electron chi connectivity index (χ1n) is 7.25. The Hall–Kier alpha value is -1.79. The van der Waals surface area contributed by atoms with Gasteiger partial charge in [0.15, 0.2) is 0 Å². The van der Waals surface area contributed by atoms with E-state index in [1.807, 2.05) is 29.2 Å². The fraction of sp³-hybridized carbons (Fsp3) is 0.471. The Morgan fingerprint density at radius 3 is 2.70 bits per heavy atom. The van der Waals surface area contributed by atoms with E-state index in [4.69, 9.17) is 5.73 Å². The van der Waals surface area contributed by atoms with Crippen LogP contribution < -0.4 is 5.73 Å². The summed E-state index contributed by atoms with van der Waals surface area (Å²) in [7, 11) is 0. The Balaban J connectivity index is 2.24. The first kappa shape index (κ1) is 14.6. The molecular formula is C17H22N2O. The molecule has 1 aliphatic rings. The highest BCUT2D eigenvalue weighted by Gasteiger charge is 2.29. The Morgan fingerprint density at radius 2 is 2.05 bits per heavy atom. The van der Waals surface area contributed by atoms with Crippen LogP contribution in [0, 0.1) is 11.8 Å². The summed E-state index contributed by atoms with van der Waals surface area (Å²) < 4.78 is 0. The van der Waals surface area contributed by atoms with Crippen LogP contribution in [0.4, 0.5) is 0 Å². The molecule has 1 amide bonds. The number of likely N-dealkylation sites (tertiary alicyclic amines) is 1. The Kier molecular flexibility index (Phi) is 4.81. The third-order valence-corrected chi connectivity index (χ3v) is 3.87. The number of carbonyl (C=O) groups excluding carboxylic acids is 1. The summed E-state index contributed by atoms with van der Waals surface area (Å²) in [5.74, 6) is 5.91. The van der Waals surface area contributed by atoms with Crippen molar-refractivity contribution in [2.24, 2.45) is 5.73 Å². The number of hydrogen-bond donors (Lipinski definition) is 1. The molecule has 0 aromatic heterocycles. The smallest absolute Gasteiger partial charge is 0.254 e. The van der Waals surface area contributed by atoms with Crippen molar-refractivity contribution in [3.05, 3.63) is 35.4 Å². The molecule has 1 aromatic carbocycles. The summed E-state index contributed by atoms with van der Waals surface area (Å²) in [5.41, 5.74) is 6.94. The molecule has 2 rings (SSSR count).